The second-order valence-electron chi connectivity index (χ2n) is 6.52. The number of ether oxygens (including phenoxy) is 1. The highest BCUT2D eigenvalue weighted by Gasteiger charge is 2.36. The maximum atomic E-state index is 12.0. The van der Waals surface area contributed by atoms with E-state index < -0.39 is 5.60 Å². The maximum absolute atomic E-state index is 12.0. The van der Waals surface area contributed by atoms with Gasteiger partial charge in [-0.25, -0.2) is 4.79 Å². The molecule has 0 aromatic rings. The van der Waals surface area contributed by atoms with Crippen molar-refractivity contribution in [2.75, 3.05) is 13.1 Å². The molecule has 18 heavy (non-hydrogen) atoms. The summed E-state index contributed by atoms with van der Waals surface area (Å²) in [6, 6.07) is 0. The van der Waals surface area contributed by atoms with Gasteiger partial charge in [-0.1, -0.05) is 0 Å². The van der Waals surface area contributed by atoms with E-state index in [0.29, 0.717) is 30.5 Å². The van der Waals surface area contributed by atoms with Crippen molar-refractivity contribution in [1.29, 1.82) is 0 Å². The fourth-order valence-electron chi connectivity index (χ4n) is 2.91. The van der Waals surface area contributed by atoms with Crippen molar-refractivity contribution < 1.29 is 14.3 Å². The molecule has 0 aromatic heterocycles. The van der Waals surface area contributed by atoms with Gasteiger partial charge in [0.1, 0.15) is 11.4 Å². The highest BCUT2D eigenvalue weighted by atomic mass is 16.6. The average molecular weight is 253 g/mol. The van der Waals surface area contributed by atoms with Gasteiger partial charge in [0, 0.05) is 25.9 Å². The van der Waals surface area contributed by atoms with Crippen LogP contribution in [-0.4, -0.2) is 35.5 Å². The first-order valence-electron chi connectivity index (χ1n) is 6.85. The third-order valence-corrected chi connectivity index (χ3v) is 3.83. The predicted octanol–water partition coefficient (Wildman–Crippen LogP) is 2.61. The summed E-state index contributed by atoms with van der Waals surface area (Å²) >= 11 is 0. The van der Waals surface area contributed by atoms with Crippen molar-refractivity contribution in [3.8, 4) is 0 Å². The Balaban J connectivity index is 1.91. The Morgan fingerprint density at radius 1 is 1.28 bits per heavy atom. The smallest absolute Gasteiger partial charge is 0.410 e. The van der Waals surface area contributed by atoms with E-state index in [1.807, 2.05) is 25.7 Å². The number of fused-ring (bicyclic) bond motifs is 1. The zero-order chi connectivity index (χ0) is 13.3. The molecule has 0 aromatic carbocycles. The van der Waals surface area contributed by atoms with E-state index in [-0.39, 0.29) is 6.09 Å². The van der Waals surface area contributed by atoms with Crippen LogP contribution in [0, 0.1) is 11.8 Å². The molecule has 4 nitrogen and oxygen atoms in total. The summed E-state index contributed by atoms with van der Waals surface area (Å²) in [5.74, 6) is 1.37. The van der Waals surface area contributed by atoms with E-state index in [1.54, 1.807) is 0 Å². The van der Waals surface area contributed by atoms with Crippen LogP contribution in [0.1, 0.15) is 46.5 Å². The van der Waals surface area contributed by atoms with E-state index in [1.165, 1.54) is 0 Å². The van der Waals surface area contributed by atoms with Crippen LogP contribution in [0.15, 0.2) is 0 Å². The molecule has 1 aliphatic heterocycles. The summed E-state index contributed by atoms with van der Waals surface area (Å²) in [6.45, 7) is 7.14. The minimum atomic E-state index is -0.434. The average Bonchev–Trinajstić information content (AvgIpc) is 2.26. The van der Waals surface area contributed by atoms with Crippen LogP contribution >= 0.6 is 0 Å². The second-order valence-corrected chi connectivity index (χ2v) is 6.52. The monoisotopic (exact) mass is 253 g/mol. The SMILES string of the molecule is CC(C)(C)OC(=O)N1CCC2CC(=O)CCC2C1. The number of rotatable bonds is 0. The topological polar surface area (TPSA) is 46.6 Å². The lowest BCUT2D eigenvalue weighted by Gasteiger charge is -2.40. The Morgan fingerprint density at radius 3 is 2.67 bits per heavy atom. The van der Waals surface area contributed by atoms with E-state index in [0.717, 1.165) is 25.9 Å². The molecule has 0 bridgehead atoms. The molecule has 2 rings (SSSR count). The Bertz CT molecular complexity index is 345. The first kappa shape index (κ1) is 13.4. The van der Waals surface area contributed by atoms with Crippen molar-refractivity contribution >= 4 is 11.9 Å². The van der Waals surface area contributed by atoms with Gasteiger partial charge in [-0.15, -0.1) is 0 Å². The van der Waals surface area contributed by atoms with Gasteiger partial charge >= 0.3 is 6.09 Å². The van der Waals surface area contributed by atoms with Crippen molar-refractivity contribution in [3.63, 3.8) is 0 Å². The first-order chi connectivity index (χ1) is 8.35. The number of likely N-dealkylation sites (tertiary alicyclic amines) is 1. The molecule has 0 radical (unpaired) electrons. The lowest BCUT2D eigenvalue weighted by molar-refractivity contribution is -0.123. The molecule has 0 N–H and O–H groups in total. The van der Waals surface area contributed by atoms with Gasteiger partial charge in [-0.3, -0.25) is 4.79 Å². The Morgan fingerprint density at radius 2 is 2.00 bits per heavy atom. The molecule has 1 amide bonds. The summed E-state index contributed by atoms with van der Waals surface area (Å²) in [4.78, 5) is 25.2. The van der Waals surface area contributed by atoms with Gasteiger partial charge in [-0.05, 0) is 45.4 Å². The van der Waals surface area contributed by atoms with Gasteiger partial charge in [-0.2, -0.15) is 0 Å². The lowest BCUT2D eigenvalue weighted by Crippen LogP contribution is -2.47. The molecule has 2 unspecified atom stereocenters. The maximum Gasteiger partial charge on any atom is 0.410 e. The fraction of sp³-hybridized carbons (Fsp3) is 0.857. The van der Waals surface area contributed by atoms with Gasteiger partial charge in [0.25, 0.3) is 0 Å². The third kappa shape index (κ3) is 3.24. The van der Waals surface area contributed by atoms with Crippen LogP contribution in [0.25, 0.3) is 0 Å². The molecular weight excluding hydrogens is 230 g/mol. The summed E-state index contributed by atoms with van der Waals surface area (Å²) in [5, 5.41) is 0. The van der Waals surface area contributed by atoms with Gasteiger partial charge in [0.15, 0.2) is 0 Å². The van der Waals surface area contributed by atoms with Crippen LogP contribution in [0.5, 0.6) is 0 Å². The Labute approximate surface area is 109 Å². The van der Waals surface area contributed by atoms with E-state index in [4.69, 9.17) is 4.74 Å². The van der Waals surface area contributed by atoms with Gasteiger partial charge in [0.2, 0.25) is 0 Å². The van der Waals surface area contributed by atoms with E-state index >= 15 is 0 Å². The van der Waals surface area contributed by atoms with E-state index in [9.17, 15) is 9.59 Å². The second kappa shape index (κ2) is 4.90. The third-order valence-electron chi connectivity index (χ3n) is 3.83. The van der Waals surface area contributed by atoms with Crippen LogP contribution < -0.4 is 0 Å². The minimum absolute atomic E-state index is 0.210. The summed E-state index contributed by atoms with van der Waals surface area (Å²) in [5.41, 5.74) is -0.434. The molecule has 4 heteroatoms. The summed E-state index contributed by atoms with van der Waals surface area (Å²) in [6.07, 6.45) is 3.06. The molecule has 2 aliphatic rings. The molecule has 1 saturated carbocycles. The van der Waals surface area contributed by atoms with Crippen LogP contribution in [0.3, 0.4) is 0 Å². The predicted molar refractivity (Wildman–Crippen MR) is 68.3 cm³/mol. The zero-order valence-electron chi connectivity index (χ0n) is 11.6. The number of ketones is 1. The molecule has 102 valence electrons. The number of piperidine rings is 1. The van der Waals surface area contributed by atoms with E-state index in [2.05, 4.69) is 0 Å². The number of amides is 1. The quantitative estimate of drug-likeness (QED) is 0.666. The number of carbonyl (C=O) groups is 2. The number of nitrogens with zero attached hydrogens (tertiary/aromatic N) is 1. The zero-order valence-corrected chi connectivity index (χ0v) is 11.6. The standard InChI is InChI=1S/C14H23NO3/c1-14(2,3)18-13(17)15-7-6-10-8-12(16)5-4-11(10)9-15/h10-11H,4-9H2,1-3H3. The summed E-state index contributed by atoms with van der Waals surface area (Å²) in [7, 11) is 0. The molecule has 1 heterocycles. The van der Waals surface area contributed by atoms with Crippen LogP contribution in [-0.2, 0) is 9.53 Å². The molecule has 2 atom stereocenters. The number of Topliss-reactive ketones (excluding diaryl/α,β-unsaturated/α-hetero) is 1. The number of carbonyl (C=O) groups excluding carboxylic acids is 2. The van der Waals surface area contributed by atoms with Crippen LogP contribution in [0.2, 0.25) is 0 Å². The Kier molecular flexibility index (Phi) is 3.64. The molecule has 0 spiro atoms. The van der Waals surface area contributed by atoms with Gasteiger partial charge in [0.05, 0.1) is 0 Å². The fourth-order valence-corrected chi connectivity index (χ4v) is 2.91. The molecular formula is C14H23NO3. The van der Waals surface area contributed by atoms with Crippen molar-refractivity contribution in [2.24, 2.45) is 11.8 Å². The van der Waals surface area contributed by atoms with Crippen LogP contribution in [0.4, 0.5) is 4.79 Å². The number of hydrogen-bond donors (Lipinski definition) is 0. The molecule has 1 aliphatic carbocycles. The lowest BCUT2D eigenvalue weighted by atomic mass is 9.74. The van der Waals surface area contributed by atoms with Crippen molar-refractivity contribution in [2.45, 2.75) is 52.1 Å². The highest BCUT2D eigenvalue weighted by Crippen LogP contribution is 2.35. The number of hydrogen-bond acceptors (Lipinski definition) is 3. The van der Waals surface area contributed by atoms with Crippen molar-refractivity contribution in [1.82, 2.24) is 4.90 Å². The van der Waals surface area contributed by atoms with Gasteiger partial charge < -0.3 is 9.64 Å². The highest BCUT2D eigenvalue weighted by molar-refractivity contribution is 5.79. The molecule has 1 saturated heterocycles. The molecule has 2 fully saturated rings. The summed E-state index contributed by atoms with van der Waals surface area (Å²) < 4.78 is 5.40. The van der Waals surface area contributed by atoms with Crippen molar-refractivity contribution in [3.05, 3.63) is 0 Å². The minimum Gasteiger partial charge on any atom is -0.444 e. The first-order valence-corrected chi connectivity index (χ1v) is 6.85. The largest absolute Gasteiger partial charge is 0.444 e. The Hall–Kier alpha value is -1.06. The normalized spacial score (nSPS) is 28.8.